The molecule has 3 heterocycles. The Morgan fingerprint density at radius 3 is 1.71 bits per heavy atom. The molecule has 6 aromatic carbocycles. The van der Waals surface area contributed by atoms with Crippen LogP contribution in [0.4, 0.5) is 0 Å². The maximum atomic E-state index is 6.65. The summed E-state index contributed by atoms with van der Waals surface area (Å²) in [5.41, 5.74) is 7.75. The zero-order chi connectivity index (χ0) is 31.6. The minimum atomic E-state index is -0.00635. The molecule has 0 N–H and O–H groups in total. The zero-order valence-corrected chi connectivity index (χ0v) is 25.8. The summed E-state index contributed by atoms with van der Waals surface area (Å²) in [6.45, 7) is 0. The van der Waals surface area contributed by atoms with Gasteiger partial charge in [-0.3, -0.25) is 0 Å². The van der Waals surface area contributed by atoms with E-state index >= 15 is 0 Å². The predicted molar refractivity (Wildman–Crippen MR) is 192 cm³/mol. The van der Waals surface area contributed by atoms with Crippen LogP contribution in [0.15, 0.2) is 154 Å². The summed E-state index contributed by atoms with van der Waals surface area (Å²) < 4.78 is 13.1. The van der Waals surface area contributed by atoms with Gasteiger partial charge in [0.15, 0.2) is 17.5 Å². The van der Waals surface area contributed by atoms with Crippen LogP contribution in [-0.2, 0) is 6.42 Å². The van der Waals surface area contributed by atoms with Crippen molar-refractivity contribution >= 4 is 49.3 Å². The summed E-state index contributed by atoms with van der Waals surface area (Å²) in [5.74, 6) is 2.82. The number of hydrogen-bond donors (Lipinski definition) is 0. The third-order valence-corrected chi connectivity index (χ3v) is 9.47. The van der Waals surface area contributed by atoms with Crippen molar-refractivity contribution in [3.8, 4) is 22.8 Å². The van der Waals surface area contributed by atoms with Crippen LogP contribution in [0.5, 0.6) is 0 Å². The lowest BCUT2D eigenvalue weighted by molar-refractivity contribution is 0.532. The van der Waals surface area contributed by atoms with E-state index in [1.54, 1.807) is 0 Å². The lowest BCUT2D eigenvalue weighted by atomic mass is 9.81. The molecule has 1 atom stereocenters. The fourth-order valence-corrected chi connectivity index (χ4v) is 7.28. The standard InChI is InChI=1S/C43H27N3O2/c1-3-13-26(14-4-1)41-44-42(27-15-5-2-6-16-27)46-43(45-41)35-23-28(24-38-39(35)32-20-10-12-22-37(32)47-38)33-25-34-30-18-9-11-21-36(30)48-40(34)31-19-8-7-17-29(31)33/h1-23,25,28H,24H2. The van der Waals surface area contributed by atoms with Crippen molar-refractivity contribution in [1.29, 1.82) is 0 Å². The second-order valence-corrected chi connectivity index (χ2v) is 12.3. The smallest absolute Gasteiger partial charge is 0.164 e. The van der Waals surface area contributed by atoms with Crippen LogP contribution in [0.2, 0.25) is 0 Å². The molecule has 0 saturated carbocycles. The number of rotatable bonds is 4. The first-order chi connectivity index (χ1) is 23.8. The van der Waals surface area contributed by atoms with E-state index in [-0.39, 0.29) is 5.92 Å². The quantitative estimate of drug-likeness (QED) is 0.197. The number of para-hydroxylation sites is 2. The topological polar surface area (TPSA) is 65.0 Å². The molecule has 9 aromatic rings. The molecule has 3 aromatic heterocycles. The van der Waals surface area contributed by atoms with Gasteiger partial charge in [0.25, 0.3) is 0 Å². The maximum absolute atomic E-state index is 6.65. The van der Waals surface area contributed by atoms with Gasteiger partial charge in [0.1, 0.15) is 22.5 Å². The van der Waals surface area contributed by atoms with Crippen molar-refractivity contribution in [3.05, 3.63) is 168 Å². The Morgan fingerprint density at radius 2 is 1.02 bits per heavy atom. The summed E-state index contributed by atoms with van der Waals surface area (Å²) in [6, 6.07) is 47.6. The van der Waals surface area contributed by atoms with Gasteiger partial charge in [-0.25, -0.2) is 15.0 Å². The molecule has 0 radical (unpaired) electrons. The molecule has 48 heavy (non-hydrogen) atoms. The fraction of sp³-hybridized carbons (Fsp3) is 0.0465. The molecule has 0 spiro atoms. The first kappa shape index (κ1) is 26.8. The highest BCUT2D eigenvalue weighted by atomic mass is 16.3. The molecule has 226 valence electrons. The van der Waals surface area contributed by atoms with E-state index in [9.17, 15) is 0 Å². The maximum Gasteiger partial charge on any atom is 0.164 e. The number of furan rings is 2. The van der Waals surface area contributed by atoms with Gasteiger partial charge in [0.05, 0.1) is 0 Å². The SMILES string of the molecule is C1=C(c2nc(-c3ccccc3)nc(-c3ccccc3)n2)c2c(oc3ccccc23)CC1c1cc2c3ccccc3oc2c2ccccc12. The molecule has 5 nitrogen and oxygen atoms in total. The van der Waals surface area contributed by atoms with E-state index < -0.39 is 0 Å². The number of fused-ring (bicyclic) bond motifs is 8. The number of benzene rings is 6. The van der Waals surface area contributed by atoms with Gasteiger partial charge in [0, 0.05) is 56.1 Å². The van der Waals surface area contributed by atoms with Gasteiger partial charge >= 0.3 is 0 Å². The normalized spacial score (nSPS) is 14.5. The van der Waals surface area contributed by atoms with Crippen LogP contribution in [0.25, 0.3) is 72.0 Å². The Morgan fingerprint density at radius 1 is 0.479 bits per heavy atom. The molecule has 0 bridgehead atoms. The Kier molecular flexibility index (Phi) is 5.93. The minimum Gasteiger partial charge on any atom is -0.460 e. The minimum absolute atomic E-state index is 0.00635. The van der Waals surface area contributed by atoms with Crippen LogP contribution < -0.4 is 0 Å². The van der Waals surface area contributed by atoms with E-state index in [4.69, 9.17) is 23.8 Å². The largest absolute Gasteiger partial charge is 0.460 e. The van der Waals surface area contributed by atoms with Gasteiger partial charge in [0.2, 0.25) is 0 Å². The molecule has 0 fully saturated rings. The Labute approximate surface area is 275 Å². The molecule has 10 rings (SSSR count). The molecule has 1 aliphatic carbocycles. The summed E-state index contributed by atoms with van der Waals surface area (Å²) in [7, 11) is 0. The summed E-state index contributed by atoms with van der Waals surface area (Å²) >= 11 is 0. The van der Waals surface area contributed by atoms with Gasteiger partial charge in [-0.15, -0.1) is 0 Å². The van der Waals surface area contributed by atoms with E-state index in [1.165, 1.54) is 5.56 Å². The molecule has 0 aliphatic heterocycles. The molecule has 1 unspecified atom stereocenters. The van der Waals surface area contributed by atoms with E-state index in [0.717, 1.165) is 71.7 Å². The second-order valence-electron chi connectivity index (χ2n) is 12.3. The Bertz CT molecular complexity index is 2650. The van der Waals surface area contributed by atoms with Crippen molar-refractivity contribution in [2.24, 2.45) is 0 Å². The molecule has 1 aliphatic rings. The van der Waals surface area contributed by atoms with Crippen molar-refractivity contribution in [1.82, 2.24) is 15.0 Å². The highest BCUT2D eigenvalue weighted by Gasteiger charge is 2.31. The number of aromatic nitrogens is 3. The average molecular weight is 618 g/mol. The molecular formula is C43H27N3O2. The second kappa shape index (κ2) is 10.6. The number of nitrogens with zero attached hydrogens (tertiary/aromatic N) is 3. The van der Waals surface area contributed by atoms with E-state index in [1.807, 2.05) is 84.9 Å². The Hall–Kier alpha value is -6.33. The summed E-state index contributed by atoms with van der Waals surface area (Å²) in [6.07, 6.45) is 3.06. The van der Waals surface area contributed by atoms with Gasteiger partial charge in [-0.05, 0) is 29.1 Å². The van der Waals surface area contributed by atoms with Crippen molar-refractivity contribution in [2.45, 2.75) is 12.3 Å². The van der Waals surface area contributed by atoms with Gasteiger partial charge in [-0.1, -0.05) is 127 Å². The summed E-state index contributed by atoms with van der Waals surface area (Å²) in [5, 5.41) is 5.55. The highest BCUT2D eigenvalue weighted by molar-refractivity contribution is 6.16. The first-order valence-corrected chi connectivity index (χ1v) is 16.2. The number of hydrogen-bond acceptors (Lipinski definition) is 5. The lowest BCUT2D eigenvalue weighted by Gasteiger charge is -2.23. The third-order valence-electron chi connectivity index (χ3n) is 9.47. The monoisotopic (exact) mass is 617 g/mol. The third kappa shape index (κ3) is 4.21. The molecule has 0 amide bonds. The average Bonchev–Trinajstić information content (AvgIpc) is 3.73. The van der Waals surface area contributed by atoms with E-state index in [0.29, 0.717) is 23.9 Å². The summed E-state index contributed by atoms with van der Waals surface area (Å²) in [4.78, 5) is 15.3. The van der Waals surface area contributed by atoms with Crippen LogP contribution in [-0.4, -0.2) is 15.0 Å². The van der Waals surface area contributed by atoms with Crippen molar-refractivity contribution < 1.29 is 8.83 Å². The zero-order valence-electron chi connectivity index (χ0n) is 25.8. The van der Waals surface area contributed by atoms with Crippen molar-refractivity contribution in [3.63, 3.8) is 0 Å². The highest BCUT2D eigenvalue weighted by Crippen LogP contribution is 2.46. The predicted octanol–water partition coefficient (Wildman–Crippen LogP) is 10.8. The Balaban J connectivity index is 1.25. The van der Waals surface area contributed by atoms with Crippen LogP contribution >= 0.6 is 0 Å². The first-order valence-electron chi connectivity index (χ1n) is 16.2. The van der Waals surface area contributed by atoms with Crippen LogP contribution in [0.1, 0.15) is 28.6 Å². The fourth-order valence-electron chi connectivity index (χ4n) is 7.28. The van der Waals surface area contributed by atoms with E-state index in [2.05, 4.69) is 60.7 Å². The van der Waals surface area contributed by atoms with Crippen molar-refractivity contribution in [2.75, 3.05) is 0 Å². The molecular weight excluding hydrogens is 590 g/mol. The van der Waals surface area contributed by atoms with Crippen LogP contribution in [0.3, 0.4) is 0 Å². The molecule has 0 saturated heterocycles. The molecule has 5 heteroatoms. The number of allylic oxidation sites excluding steroid dienone is 1. The van der Waals surface area contributed by atoms with Crippen LogP contribution in [0, 0.1) is 0 Å². The van der Waals surface area contributed by atoms with Gasteiger partial charge in [-0.2, -0.15) is 0 Å². The lowest BCUT2D eigenvalue weighted by Crippen LogP contribution is -2.12. The van der Waals surface area contributed by atoms with Gasteiger partial charge < -0.3 is 8.83 Å².